The van der Waals surface area contributed by atoms with E-state index >= 15 is 0 Å². The molecule has 0 bridgehead atoms. The molecule has 0 heterocycles. The molecule has 0 amide bonds. The number of benzene rings is 2. The molecular weight excluding hydrogens is 402 g/mol. The standard InChI is InChI=1S/C14H9Br2N3O2/c15-11-5-4-9(7-17)12(6-11)18-8-10-2-1-3-13(14(10)16)19(20)21/h1-6,18H,8H2. The maximum Gasteiger partial charge on any atom is 0.283 e. The number of hydrogen-bond donors (Lipinski definition) is 1. The molecule has 0 unspecified atom stereocenters. The zero-order valence-corrected chi connectivity index (χ0v) is 13.8. The van der Waals surface area contributed by atoms with E-state index < -0.39 is 4.92 Å². The molecule has 2 rings (SSSR count). The maximum atomic E-state index is 10.9. The normalized spacial score (nSPS) is 9.95. The van der Waals surface area contributed by atoms with Crippen LogP contribution < -0.4 is 5.32 Å². The van der Waals surface area contributed by atoms with E-state index in [4.69, 9.17) is 5.26 Å². The molecule has 106 valence electrons. The zero-order valence-electron chi connectivity index (χ0n) is 10.6. The van der Waals surface area contributed by atoms with Crippen LogP contribution in [0.5, 0.6) is 0 Å². The summed E-state index contributed by atoms with van der Waals surface area (Å²) in [7, 11) is 0. The fourth-order valence-electron chi connectivity index (χ4n) is 1.79. The van der Waals surface area contributed by atoms with Gasteiger partial charge < -0.3 is 5.32 Å². The van der Waals surface area contributed by atoms with Crippen LogP contribution in [0.25, 0.3) is 0 Å². The van der Waals surface area contributed by atoms with Crippen LogP contribution in [0.2, 0.25) is 0 Å². The average molecular weight is 411 g/mol. The molecule has 0 radical (unpaired) electrons. The Hall–Kier alpha value is -1.91. The van der Waals surface area contributed by atoms with E-state index in [-0.39, 0.29) is 5.69 Å². The second-order valence-electron chi connectivity index (χ2n) is 4.16. The van der Waals surface area contributed by atoms with Crippen molar-refractivity contribution in [3.05, 3.63) is 66.6 Å². The third-order valence-electron chi connectivity index (χ3n) is 2.83. The Balaban J connectivity index is 2.25. The molecular formula is C14H9Br2N3O2. The average Bonchev–Trinajstić information content (AvgIpc) is 2.46. The van der Waals surface area contributed by atoms with Crippen LogP contribution in [0.15, 0.2) is 45.3 Å². The lowest BCUT2D eigenvalue weighted by molar-refractivity contribution is -0.385. The molecule has 2 aromatic carbocycles. The SMILES string of the molecule is N#Cc1ccc(Br)cc1NCc1cccc([N+](=O)[O-])c1Br. The smallest absolute Gasteiger partial charge is 0.283 e. The van der Waals surface area contributed by atoms with E-state index in [1.54, 1.807) is 30.3 Å². The van der Waals surface area contributed by atoms with Crippen molar-refractivity contribution in [1.82, 2.24) is 0 Å². The van der Waals surface area contributed by atoms with Crippen LogP contribution in [0.4, 0.5) is 11.4 Å². The quantitative estimate of drug-likeness (QED) is 0.589. The minimum atomic E-state index is -0.437. The van der Waals surface area contributed by atoms with Gasteiger partial charge in [0, 0.05) is 17.1 Å². The molecule has 0 atom stereocenters. The van der Waals surface area contributed by atoms with E-state index in [1.807, 2.05) is 0 Å². The summed E-state index contributed by atoms with van der Waals surface area (Å²) in [6.07, 6.45) is 0. The predicted octanol–water partition coefficient (Wildman–Crippen LogP) is 4.60. The van der Waals surface area contributed by atoms with Gasteiger partial charge in [-0.05, 0) is 39.7 Å². The van der Waals surface area contributed by atoms with Crippen molar-refractivity contribution < 1.29 is 4.92 Å². The number of nitriles is 1. The van der Waals surface area contributed by atoms with Gasteiger partial charge in [0.2, 0.25) is 0 Å². The highest BCUT2D eigenvalue weighted by Crippen LogP contribution is 2.29. The Morgan fingerprint density at radius 2 is 2.05 bits per heavy atom. The molecule has 0 aliphatic carbocycles. The highest BCUT2D eigenvalue weighted by atomic mass is 79.9. The van der Waals surface area contributed by atoms with Gasteiger partial charge in [-0.25, -0.2) is 0 Å². The summed E-state index contributed by atoms with van der Waals surface area (Å²) in [5.74, 6) is 0. The molecule has 0 aromatic heterocycles. The Bertz CT molecular complexity index is 741. The Kier molecular flexibility index (Phi) is 4.94. The Morgan fingerprint density at radius 3 is 2.71 bits per heavy atom. The van der Waals surface area contributed by atoms with Gasteiger partial charge in [0.25, 0.3) is 5.69 Å². The van der Waals surface area contributed by atoms with Crippen molar-refractivity contribution in [3.63, 3.8) is 0 Å². The van der Waals surface area contributed by atoms with E-state index in [0.717, 1.165) is 10.0 Å². The summed E-state index contributed by atoms with van der Waals surface area (Å²) in [5.41, 5.74) is 1.95. The van der Waals surface area contributed by atoms with Crippen LogP contribution in [-0.2, 0) is 6.54 Å². The second kappa shape index (κ2) is 6.70. The number of nitro benzene ring substituents is 1. The van der Waals surface area contributed by atoms with Crippen molar-refractivity contribution in [2.75, 3.05) is 5.32 Å². The zero-order chi connectivity index (χ0) is 15.4. The monoisotopic (exact) mass is 409 g/mol. The number of rotatable bonds is 4. The number of hydrogen-bond acceptors (Lipinski definition) is 4. The topological polar surface area (TPSA) is 79.0 Å². The first-order chi connectivity index (χ1) is 10.0. The lowest BCUT2D eigenvalue weighted by Gasteiger charge is -2.10. The van der Waals surface area contributed by atoms with Crippen LogP contribution in [0.1, 0.15) is 11.1 Å². The molecule has 0 fully saturated rings. The van der Waals surface area contributed by atoms with Gasteiger partial charge in [-0.2, -0.15) is 5.26 Å². The summed E-state index contributed by atoms with van der Waals surface area (Å²) in [4.78, 5) is 10.5. The molecule has 5 nitrogen and oxygen atoms in total. The second-order valence-corrected chi connectivity index (χ2v) is 5.87. The minimum absolute atomic E-state index is 0.0176. The van der Waals surface area contributed by atoms with Crippen molar-refractivity contribution in [2.45, 2.75) is 6.54 Å². The summed E-state index contributed by atoms with van der Waals surface area (Å²) in [6, 6.07) is 12.2. The lowest BCUT2D eigenvalue weighted by atomic mass is 10.1. The largest absolute Gasteiger partial charge is 0.380 e. The molecule has 2 aromatic rings. The Labute approximate surface area is 138 Å². The molecule has 1 N–H and O–H groups in total. The first-order valence-electron chi connectivity index (χ1n) is 5.88. The van der Waals surface area contributed by atoms with E-state index in [0.29, 0.717) is 22.3 Å². The van der Waals surface area contributed by atoms with Crippen LogP contribution in [-0.4, -0.2) is 4.92 Å². The number of nitrogens with zero attached hydrogens (tertiary/aromatic N) is 2. The lowest BCUT2D eigenvalue weighted by Crippen LogP contribution is -2.03. The first-order valence-corrected chi connectivity index (χ1v) is 7.47. The number of halogens is 2. The predicted molar refractivity (Wildman–Crippen MR) is 87.0 cm³/mol. The molecule has 21 heavy (non-hydrogen) atoms. The van der Waals surface area contributed by atoms with Gasteiger partial charge in [0.15, 0.2) is 0 Å². The van der Waals surface area contributed by atoms with Crippen molar-refractivity contribution in [3.8, 4) is 6.07 Å². The fourth-order valence-corrected chi connectivity index (χ4v) is 2.70. The van der Waals surface area contributed by atoms with Crippen molar-refractivity contribution in [1.29, 1.82) is 5.26 Å². The van der Waals surface area contributed by atoms with Gasteiger partial charge in [0.1, 0.15) is 10.5 Å². The molecule has 0 saturated carbocycles. The molecule has 7 heteroatoms. The van der Waals surface area contributed by atoms with Gasteiger partial charge in [0.05, 0.1) is 16.2 Å². The van der Waals surface area contributed by atoms with Crippen LogP contribution in [0, 0.1) is 21.4 Å². The van der Waals surface area contributed by atoms with Gasteiger partial charge >= 0.3 is 0 Å². The van der Waals surface area contributed by atoms with Crippen LogP contribution in [0.3, 0.4) is 0 Å². The third kappa shape index (κ3) is 3.60. The van der Waals surface area contributed by atoms with E-state index in [9.17, 15) is 10.1 Å². The molecule has 0 saturated heterocycles. The van der Waals surface area contributed by atoms with E-state index in [1.165, 1.54) is 6.07 Å². The number of anilines is 1. The summed E-state index contributed by atoms with van der Waals surface area (Å²) in [5, 5.41) is 23.1. The first kappa shape index (κ1) is 15.5. The van der Waals surface area contributed by atoms with Gasteiger partial charge in [-0.1, -0.05) is 28.1 Å². The highest BCUT2D eigenvalue weighted by molar-refractivity contribution is 9.11. The highest BCUT2D eigenvalue weighted by Gasteiger charge is 2.14. The van der Waals surface area contributed by atoms with Gasteiger partial charge in [-0.3, -0.25) is 10.1 Å². The molecule has 0 spiro atoms. The van der Waals surface area contributed by atoms with Crippen molar-refractivity contribution >= 4 is 43.2 Å². The third-order valence-corrected chi connectivity index (χ3v) is 4.24. The summed E-state index contributed by atoms with van der Waals surface area (Å²) < 4.78 is 1.29. The maximum absolute atomic E-state index is 10.9. The molecule has 0 aliphatic rings. The van der Waals surface area contributed by atoms with E-state index in [2.05, 4.69) is 43.2 Å². The number of nitrogens with one attached hydrogen (secondary N) is 1. The Morgan fingerprint density at radius 1 is 1.29 bits per heavy atom. The molecule has 0 aliphatic heterocycles. The summed E-state index contributed by atoms with van der Waals surface area (Å²) in [6.45, 7) is 0.368. The minimum Gasteiger partial charge on any atom is -0.380 e. The fraction of sp³-hybridized carbons (Fsp3) is 0.0714. The summed E-state index contributed by atoms with van der Waals surface area (Å²) >= 11 is 6.60. The van der Waals surface area contributed by atoms with Crippen LogP contribution >= 0.6 is 31.9 Å². The van der Waals surface area contributed by atoms with Crippen molar-refractivity contribution in [2.24, 2.45) is 0 Å². The van der Waals surface area contributed by atoms with Gasteiger partial charge in [-0.15, -0.1) is 0 Å². The number of nitro groups is 1.